The van der Waals surface area contributed by atoms with Gasteiger partial charge < -0.3 is 10.3 Å². The van der Waals surface area contributed by atoms with Gasteiger partial charge in [-0.2, -0.15) is 0 Å². The summed E-state index contributed by atoms with van der Waals surface area (Å²) in [6, 6.07) is 9.19. The monoisotopic (exact) mass is 307 g/mol. The zero-order valence-corrected chi connectivity index (χ0v) is 13.0. The van der Waals surface area contributed by atoms with Crippen molar-refractivity contribution in [1.29, 1.82) is 0 Å². The Hall–Kier alpha value is -2.95. The molecule has 0 atom stereocenters. The van der Waals surface area contributed by atoms with E-state index >= 15 is 0 Å². The molecular formula is C18H17N3O2. The second kappa shape index (κ2) is 6.04. The van der Waals surface area contributed by atoms with E-state index < -0.39 is 0 Å². The van der Waals surface area contributed by atoms with E-state index in [4.69, 9.17) is 0 Å². The molecule has 0 aliphatic carbocycles. The van der Waals surface area contributed by atoms with Crippen molar-refractivity contribution in [2.75, 3.05) is 0 Å². The summed E-state index contributed by atoms with van der Waals surface area (Å²) in [7, 11) is 0. The molecule has 0 bridgehead atoms. The molecule has 0 unspecified atom stereocenters. The molecule has 1 amide bonds. The van der Waals surface area contributed by atoms with Crippen molar-refractivity contribution in [2.45, 2.75) is 20.4 Å². The number of benzene rings is 1. The van der Waals surface area contributed by atoms with E-state index in [9.17, 15) is 9.59 Å². The third kappa shape index (κ3) is 2.99. The lowest BCUT2D eigenvalue weighted by Gasteiger charge is -2.09. The first kappa shape index (κ1) is 15.0. The van der Waals surface area contributed by atoms with Crippen molar-refractivity contribution in [3.63, 3.8) is 0 Å². The van der Waals surface area contributed by atoms with Crippen molar-refractivity contribution >= 4 is 16.8 Å². The maximum atomic E-state index is 12.2. The largest absolute Gasteiger partial charge is 0.348 e. The van der Waals surface area contributed by atoms with Crippen molar-refractivity contribution in [2.24, 2.45) is 0 Å². The molecule has 0 aliphatic rings. The molecule has 0 fully saturated rings. The molecule has 2 aromatic heterocycles. The SMILES string of the molecule is Cc1ccc2cc(CNC(=O)c3cccnc3)c(=O)[nH]c2c1C. The zero-order valence-electron chi connectivity index (χ0n) is 13.0. The minimum Gasteiger partial charge on any atom is -0.348 e. The van der Waals surface area contributed by atoms with Crippen molar-refractivity contribution in [3.8, 4) is 0 Å². The Kier molecular flexibility index (Phi) is 3.93. The summed E-state index contributed by atoms with van der Waals surface area (Å²) in [5.41, 5.74) is 3.85. The number of amides is 1. The van der Waals surface area contributed by atoms with Crippen LogP contribution in [0.15, 0.2) is 47.5 Å². The third-order valence-corrected chi connectivity index (χ3v) is 3.99. The lowest BCUT2D eigenvalue weighted by molar-refractivity contribution is 0.0950. The Labute approximate surface area is 133 Å². The maximum absolute atomic E-state index is 12.2. The molecular weight excluding hydrogens is 290 g/mol. The highest BCUT2D eigenvalue weighted by molar-refractivity contribution is 5.93. The van der Waals surface area contributed by atoms with Crippen LogP contribution in [0.2, 0.25) is 0 Å². The molecule has 2 heterocycles. The third-order valence-electron chi connectivity index (χ3n) is 3.99. The van der Waals surface area contributed by atoms with Crippen LogP contribution in [0.5, 0.6) is 0 Å². The average Bonchev–Trinajstić information content (AvgIpc) is 2.57. The van der Waals surface area contributed by atoms with Gasteiger partial charge in [0.2, 0.25) is 0 Å². The minimum absolute atomic E-state index is 0.173. The van der Waals surface area contributed by atoms with Gasteiger partial charge in [-0.3, -0.25) is 14.6 Å². The highest BCUT2D eigenvalue weighted by atomic mass is 16.1. The molecule has 116 valence electrons. The van der Waals surface area contributed by atoms with Crippen LogP contribution >= 0.6 is 0 Å². The van der Waals surface area contributed by atoms with Gasteiger partial charge in [-0.1, -0.05) is 12.1 Å². The fourth-order valence-corrected chi connectivity index (χ4v) is 2.48. The number of aromatic amines is 1. The zero-order chi connectivity index (χ0) is 16.4. The number of fused-ring (bicyclic) bond motifs is 1. The van der Waals surface area contributed by atoms with Crippen molar-refractivity contribution in [1.82, 2.24) is 15.3 Å². The lowest BCUT2D eigenvalue weighted by Crippen LogP contribution is -2.26. The standard InChI is InChI=1S/C18H17N3O2/c1-11-5-6-13-8-15(18(23)21-16(13)12(11)2)10-20-17(22)14-4-3-7-19-9-14/h3-9H,10H2,1-2H3,(H,20,22)(H,21,23). The Balaban J connectivity index is 1.86. The highest BCUT2D eigenvalue weighted by Crippen LogP contribution is 2.18. The predicted octanol–water partition coefficient (Wildman–Crippen LogP) is 2.47. The Bertz CT molecular complexity index is 930. The number of H-pyrrole nitrogens is 1. The normalized spacial score (nSPS) is 10.7. The molecule has 2 N–H and O–H groups in total. The molecule has 0 radical (unpaired) electrons. The van der Waals surface area contributed by atoms with Gasteiger partial charge in [0.25, 0.3) is 11.5 Å². The van der Waals surface area contributed by atoms with Crippen LogP contribution in [0.1, 0.15) is 27.0 Å². The molecule has 0 spiro atoms. The molecule has 3 aromatic rings. The van der Waals surface area contributed by atoms with Crippen LogP contribution in [0, 0.1) is 13.8 Å². The fourth-order valence-electron chi connectivity index (χ4n) is 2.48. The van der Waals surface area contributed by atoms with Crippen LogP contribution in [-0.4, -0.2) is 15.9 Å². The quantitative estimate of drug-likeness (QED) is 0.780. The predicted molar refractivity (Wildman–Crippen MR) is 89.4 cm³/mol. The second-order valence-corrected chi connectivity index (χ2v) is 5.52. The number of aryl methyl sites for hydroxylation is 2. The molecule has 3 rings (SSSR count). The molecule has 0 aliphatic heterocycles. The number of carbonyl (C=O) groups is 1. The van der Waals surface area contributed by atoms with Crippen LogP contribution in [0.25, 0.3) is 10.9 Å². The van der Waals surface area contributed by atoms with E-state index in [1.54, 1.807) is 18.3 Å². The molecule has 5 heteroatoms. The number of carbonyl (C=O) groups excluding carboxylic acids is 1. The summed E-state index contributed by atoms with van der Waals surface area (Å²) >= 11 is 0. The Morgan fingerprint density at radius 3 is 2.83 bits per heavy atom. The number of rotatable bonds is 3. The summed E-state index contributed by atoms with van der Waals surface area (Å²) in [6.45, 7) is 4.17. The van der Waals surface area contributed by atoms with Crippen LogP contribution in [-0.2, 0) is 6.54 Å². The van der Waals surface area contributed by atoms with Crippen molar-refractivity contribution < 1.29 is 4.79 Å². The molecule has 1 aromatic carbocycles. The average molecular weight is 307 g/mol. The van der Waals surface area contributed by atoms with Gasteiger partial charge in [0.1, 0.15) is 0 Å². The topological polar surface area (TPSA) is 74.8 Å². The first-order valence-corrected chi connectivity index (χ1v) is 7.36. The van der Waals surface area contributed by atoms with Crippen LogP contribution in [0.3, 0.4) is 0 Å². The van der Waals surface area contributed by atoms with Gasteiger partial charge >= 0.3 is 0 Å². The summed E-state index contributed by atoms with van der Waals surface area (Å²) in [4.78, 5) is 31.1. The maximum Gasteiger partial charge on any atom is 0.253 e. The van der Waals surface area contributed by atoms with Gasteiger partial charge in [0.15, 0.2) is 0 Å². The van der Waals surface area contributed by atoms with E-state index in [2.05, 4.69) is 15.3 Å². The Morgan fingerprint density at radius 1 is 1.26 bits per heavy atom. The van der Waals surface area contributed by atoms with Gasteiger partial charge in [0.05, 0.1) is 11.1 Å². The number of hydrogen-bond acceptors (Lipinski definition) is 3. The summed E-state index contributed by atoms with van der Waals surface area (Å²) < 4.78 is 0. The number of nitrogens with zero attached hydrogens (tertiary/aromatic N) is 1. The number of aromatic nitrogens is 2. The van der Waals surface area contributed by atoms with Gasteiger partial charge in [-0.25, -0.2) is 0 Å². The first-order chi connectivity index (χ1) is 11.1. The molecule has 0 saturated carbocycles. The number of hydrogen-bond donors (Lipinski definition) is 2. The van der Waals surface area contributed by atoms with E-state index in [-0.39, 0.29) is 18.0 Å². The fraction of sp³-hybridized carbons (Fsp3) is 0.167. The smallest absolute Gasteiger partial charge is 0.253 e. The van der Waals surface area contributed by atoms with E-state index in [0.29, 0.717) is 11.1 Å². The number of nitrogens with one attached hydrogen (secondary N) is 2. The number of pyridine rings is 2. The molecule has 23 heavy (non-hydrogen) atoms. The second-order valence-electron chi connectivity index (χ2n) is 5.52. The first-order valence-electron chi connectivity index (χ1n) is 7.36. The minimum atomic E-state index is -0.252. The van der Waals surface area contributed by atoms with Gasteiger partial charge in [-0.15, -0.1) is 0 Å². The summed E-state index contributed by atoms with van der Waals surface area (Å²) in [5, 5.41) is 3.70. The molecule has 5 nitrogen and oxygen atoms in total. The van der Waals surface area contributed by atoms with Gasteiger partial charge in [0, 0.05) is 24.5 Å². The summed E-state index contributed by atoms with van der Waals surface area (Å²) in [5.74, 6) is -0.252. The lowest BCUT2D eigenvalue weighted by atomic mass is 10.0. The van der Waals surface area contributed by atoms with E-state index in [0.717, 1.165) is 22.0 Å². The van der Waals surface area contributed by atoms with Crippen LogP contribution < -0.4 is 10.9 Å². The molecule has 0 saturated heterocycles. The van der Waals surface area contributed by atoms with E-state index in [1.807, 2.05) is 32.0 Å². The van der Waals surface area contributed by atoms with Gasteiger partial charge in [-0.05, 0) is 48.6 Å². The van der Waals surface area contributed by atoms with Crippen molar-refractivity contribution in [3.05, 3.63) is 75.3 Å². The van der Waals surface area contributed by atoms with Crippen LogP contribution in [0.4, 0.5) is 0 Å². The summed E-state index contributed by atoms with van der Waals surface area (Å²) in [6.07, 6.45) is 3.10. The highest BCUT2D eigenvalue weighted by Gasteiger charge is 2.09. The Morgan fingerprint density at radius 2 is 2.09 bits per heavy atom. The van der Waals surface area contributed by atoms with E-state index in [1.165, 1.54) is 6.20 Å².